The molecule has 1 heterocycles. The van der Waals surface area contributed by atoms with Gasteiger partial charge >= 0.3 is 6.09 Å². The summed E-state index contributed by atoms with van der Waals surface area (Å²) in [6.45, 7) is 6.41. The average Bonchev–Trinajstić information content (AvgIpc) is 3.02. The van der Waals surface area contributed by atoms with Crippen molar-refractivity contribution >= 4 is 23.4 Å². The van der Waals surface area contributed by atoms with Crippen molar-refractivity contribution < 1.29 is 23.8 Å². The highest BCUT2D eigenvalue weighted by Crippen LogP contribution is 2.30. The zero-order valence-corrected chi connectivity index (χ0v) is 16.1. The molecule has 2 unspecified atom stereocenters. The maximum Gasteiger partial charge on any atom is 0.410 e. The van der Waals surface area contributed by atoms with Crippen molar-refractivity contribution in [2.75, 3.05) is 30.8 Å². The lowest BCUT2D eigenvalue weighted by Crippen LogP contribution is -2.36. The van der Waals surface area contributed by atoms with Gasteiger partial charge in [-0.05, 0) is 32.9 Å². The number of aliphatic hydroxyl groups is 1. The Hall–Kier alpha value is -1.73. The van der Waals surface area contributed by atoms with Crippen LogP contribution in [-0.4, -0.2) is 59.4 Å². The van der Waals surface area contributed by atoms with Crippen molar-refractivity contribution in [1.29, 1.82) is 0 Å². The molecule has 146 valence electrons. The molecule has 2 atom stereocenters. The second kappa shape index (κ2) is 8.77. The Morgan fingerprint density at radius 2 is 2.23 bits per heavy atom. The van der Waals surface area contributed by atoms with Gasteiger partial charge in [0.05, 0.1) is 24.2 Å². The number of hydrogen-bond donors (Lipinski definition) is 2. The lowest BCUT2D eigenvalue weighted by atomic mass is 10.2. The van der Waals surface area contributed by atoms with Gasteiger partial charge in [0.2, 0.25) is 0 Å². The minimum Gasteiger partial charge on any atom is -0.483 e. The summed E-state index contributed by atoms with van der Waals surface area (Å²) in [7, 11) is 0. The second-order valence-electron chi connectivity index (χ2n) is 7.26. The van der Waals surface area contributed by atoms with Crippen molar-refractivity contribution in [2.24, 2.45) is 0 Å². The van der Waals surface area contributed by atoms with E-state index in [0.29, 0.717) is 25.2 Å². The number of anilines is 1. The van der Waals surface area contributed by atoms with E-state index in [0.717, 1.165) is 0 Å². The van der Waals surface area contributed by atoms with Crippen LogP contribution in [0.25, 0.3) is 0 Å². The summed E-state index contributed by atoms with van der Waals surface area (Å²) >= 11 is 5.57. The van der Waals surface area contributed by atoms with E-state index in [2.05, 4.69) is 5.32 Å². The standard InChI is InChI=1S/C18H26ClFN2O4/c1-18(2,3)26-17(24)22-8-7-13(11-22)25-16-14(20)5-4-6-15(16)21-10-12(23)9-19/h4-6,12-13,21,23H,7-11H2,1-3H3. The van der Waals surface area contributed by atoms with Gasteiger partial charge in [-0.3, -0.25) is 0 Å². The number of nitrogens with one attached hydrogen (secondary N) is 1. The second-order valence-corrected chi connectivity index (χ2v) is 7.57. The number of halogens is 2. The monoisotopic (exact) mass is 388 g/mol. The van der Waals surface area contributed by atoms with Crippen LogP contribution in [-0.2, 0) is 4.74 Å². The molecule has 2 rings (SSSR count). The molecule has 0 saturated carbocycles. The molecule has 1 aromatic carbocycles. The van der Waals surface area contributed by atoms with Gasteiger partial charge in [0.25, 0.3) is 0 Å². The molecule has 0 bridgehead atoms. The molecule has 1 aliphatic heterocycles. The summed E-state index contributed by atoms with van der Waals surface area (Å²) < 4.78 is 25.4. The van der Waals surface area contributed by atoms with Gasteiger partial charge in [0, 0.05) is 19.5 Å². The number of nitrogens with zero attached hydrogens (tertiary/aromatic N) is 1. The predicted molar refractivity (Wildman–Crippen MR) is 98.5 cm³/mol. The van der Waals surface area contributed by atoms with E-state index in [1.165, 1.54) is 6.07 Å². The highest BCUT2D eigenvalue weighted by Gasteiger charge is 2.31. The van der Waals surface area contributed by atoms with Crippen LogP contribution in [0, 0.1) is 5.82 Å². The number of ether oxygens (including phenoxy) is 2. The highest BCUT2D eigenvalue weighted by molar-refractivity contribution is 6.18. The van der Waals surface area contributed by atoms with Crippen LogP contribution in [0.4, 0.5) is 14.9 Å². The minimum atomic E-state index is -0.748. The average molecular weight is 389 g/mol. The number of aliphatic hydroxyl groups excluding tert-OH is 1. The third-order valence-electron chi connectivity index (χ3n) is 3.75. The molecule has 0 radical (unpaired) electrons. The fourth-order valence-corrected chi connectivity index (χ4v) is 2.64. The summed E-state index contributed by atoms with van der Waals surface area (Å²) in [5, 5.41) is 12.5. The number of hydrogen-bond acceptors (Lipinski definition) is 5. The number of para-hydroxylation sites is 1. The van der Waals surface area contributed by atoms with E-state index < -0.39 is 23.6 Å². The van der Waals surface area contributed by atoms with Crippen molar-refractivity contribution in [3.05, 3.63) is 24.0 Å². The third-order valence-corrected chi connectivity index (χ3v) is 4.11. The van der Waals surface area contributed by atoms with Gasteiger partial charge in [-0.2, -0.15) is 0 Å². The minimum absolute atomic E-state index is 0.0744. The molecule has 1 aliphatic rings. The maximum atomic E-state index is 14.2. The first-order chi connectivity index (χ1) is 12.2. The number of amides is 1. The molecular formula is C18H26ClFN2O4. The van der Waals surface area contributed by atoms with Crippen LogP contribution < -0.4 is 10.1 Å². The fraction of sp³-hybridized carbons (Fsp3) is 0.611. The third kappa shape index (κ3) is 5.92. The zero-order chi connectivity index (χ0) is 19.3. The van der Waals surface area contributed by atoms with E-state index in [9.17, 15) is 14.3 Å². The van der Waals surface area contributed by atoms with Crippen molar-refractivity contribution in [1.82, 2.24) is 4.90 Å². The predicted octanol–water partition coefficient (Wildman–Crippen LogP) is 3.23. The van der Waals surface area contributed by atoms with Crippen LogP contribution in [0.5, 0.6) is 5.75 Å². The van der Waals surface area contributed by atoms with Crippen molar-refractivity contribution in [2.45, 2.75) is 45.0 Å². The lowest BCUT2D eigenvalue weighted by Gasteiger charge is -2.24. The number of carbonyl (C=O) groups excluding carboxylic acids is 1. The largest absolute Gasteiger partial charge is 0.483 e. The molecule has 1 saturated heterocycles. The van der Waals surface area contributed by atoms with E-state index in [1.807, 2.05) is 20.8 Å². The fourth-order valence-electron chi connectivity index (χ4n) is 2.53. The highest BCUT2D eigenvalue weighted by atomic mass is 35.5. The first-order valence-corrected chi connectivity index (χ1v) is 9.14. The number of carbonyl (C=O) groups is 1. The first kappa shape index (κ1) is 20.6. The Kier molecular flexibility index (Phi) is 6.94. The molecule has 6 nitrogen and oxygen atoms in total. The zero-order valence-electron chi connectivity index (χ0n) is 15.3. The molecule has 0 aromatic heterocycles. The van der Waals surface area contributed by atoms with Gasteiger partial charge < -0.3 is 24.8 Å². The van der Waals surface area contributed by atoms with Crippen LogP contribution >= 0.6 is 11.6 Å². The van der Waals surface area contributed by atoms with Crippen molar-refractivity contribution in [3.63, 3.8) is 0 Å². The Bertz CT molecular complexity index is 624. The van der Waals surface area contributed by atoms with E-state index in [-0.39, 0.29) is 24.3 Å². The van der Waals surface area contributed by atoms with Crippen molar-refractivity contribution in [3.8, 4) is 5.75 Å². The normalized spacial score (nSPS) is 18.5. The molecular weight excluding hydrogens is 363 g/mol. The number of alkyl halides is 1. The van der Waals surface area contributed by atoms with Crippen LogP contribution in [0.1, 0.15) is 27.2 Å². The maximum absolute atomic E-state index is 14.2. The number of benzene rings is 1. The SMILES string of the molecule is CC(C)(C)OC(=O)N1CCC(Oc2c(F)cccc2NCC(O)CCl)C1. The summed E-state index contributed by atoms with van der Waals surface area (Å²) in [5.41, 5.74) is -0.132. The molecule has 2 N–H and O–H groups in total. The first-order valence-electron chi connectivity index (χ1n) is 8.60. The van der Waals surface area contributed by atoms with Gasteiger partial charge in [0.15, 0.2) is 11.6 Å². The quantitative estimate of drug-likeness (QED) is 0.732. The van der Waals surface area contributed by atoms with E-state index in [4.69, 9.17) is 21.1 Å². The smallest absolute Gasteiger partial charge is 0.410 e. The Balaban J connectivity index is 1.99. The van der Waals surface area contributed by atoms with Crippen LogP contribution in [0.2, 0.25) is 0 Å². The number of likely N-dealkylation sites (tertiary alicyclic amines) is 1. The molecule has 1 fully saturated rings. The van der Waals surface area contributed by atoms with E-state index in [1.54, 1.807) is 17.0 Å². The summed E-state index contributed by atoms with van der Waals surface area (Å²) in [4.78, 5) is 13.7. The lowest BCUT2D eigenvalue weighted by molar-refractivity contribution is 0.0275. The van der Waals surface area contributed by atoms with Gasteiger partial charge in [-0.15, -0.1) is 11.6 Å². The summed E-state index contributed by atoms with van der Waals surface area (Å²) in [5.74, 6) is -0.359. The van der Waals surface area contributed by atoms with Gasteiger partial charge in [-0.25, -0.2) is 9.18 Å². The Morgan fingerprint density at radius 3 is 2.88 bits per heavy atom. The summed E-state index contributed by atoms with van der Waals surface area (Å²) in [6, 6.07) is 4.53. The number of rotatable bonds is 6. The topological polar surface area (TPSA) is 71.0 Å². The summed E-state index contributed by atoms with van der Waals surface area (Å²) in [6.07, 6.45) is -0.905. The molecule has 1 aromatic rings. The molecule has 0 spiro atoms. The molecule has 0 aliphatic carbocycles. The molecule has 26 heavy (non-hydrogen) atoms. The van der Waals surface area contributed by atoms with Gasteiger partial charge in [-0.1, -0.05) is 6.07 Å². The van der Waals surface area contributed by atoms with Gasteiger partial charge in [0.1, 0.15) is 11.7 Å². The Morgan fingerprint density at radius 1 is 1.50 bits per heavy atom. The van der Waals surface area contributed by atoms with Crippen LogP contribution in [0.15, 0.2) is 18.2 Å². The molecule has 1 amide bonds. The Labute approximate surface area is 158 Å². The van der Waals surface area contributed by atoms with E-state index >= 15 is 0 Å². The molecule has 8 heteroatoms. The van der Waals surface area contributed by atoms with Crippen LogP contribution in [0.3, 0.4) is 0 Å².